The van der Waals surface area contributed by atoms with Crippen molar-refractivity contribution in [2.24, 2.45) is 0 Å². The quantitative estimate of drug-likeness (QED) is 0.0593. The number of rotatable bonds is 6. The van der Waals surface area contributed by atoms with Gasteiger partial charge in [0.25, 0.3) is 5.69 Å². The molecule has 1 aliphatic rings. The van der Waals surface area contributed by atoms with E-state index in [9.17, 15) is 41.7 Å². The number of carbonyl (C=O) groups excluding carboxylic acids is 2. The van der Waals surface area contributed by atoms with E-state index in [1.807, 2.05) is 0 Å². The highest BCUT2D eigenvalue weighted by Gasteiger charge is 2.32. The normalized spacial score (nSPS) is 14.2. The first kappa shape index (κ1) is 26.3. The van der Waals surface area contributed by atoms with E-state index in [0.29, 0.717) is 11.1 Å². The molecule has 13 heteroatoms. The highest BCUT2D eigenvalue weighted by Crippen LogP contribution is 2.38. The molecule has 0 fully saturated rings. The van der Waals surface area contributed by atoms with E-state index >= 15 is 0 Å². The number of hydrogen-bond donors (Lipinski definition) is 0. The van der Waals surface area contributed by atoms with E-state index in [-0.39, 0.29) is 28.5 Å². The number of ketones is 1. The first-order chi connectivity index (χ1) is 17.9. The summed E-state index contributed by atoms with van der Waals surface area (Å²) >= 11 is 0. The summed E-state index contributed by atoms with van der Waals surface area (Å²) in [4.78, 5) is 35.6. The average Bonchev–Trinajstić information content (AvgIpc) is 3.19. The maximum atomic E-state index is 13.9. The van der Waals surface area contributed by atoms with Crippen molar-refractivity contribution in [3.05, 3.63) is 98.0 Å². The number of aryl methyl sites for hydroxylation is 1. The maximum Gasteiger partial charge on any atom is 0.352 e. The smallest absolute Gasteiger partial charge is 0.352 e. The summed E-state index contributed by atoms with van der Waals surface area (Å²) in [6.45, 7) is 2.46. The van der Waals surface area contributed by atoms with Crippen LogP contribution in [0.1, 0.15) is 28.4 Å². The Bertz CT molecular complexity index is 1520. The average molecular weight is 535 g/mol. The SMILES string of the molecule is Cc1cc(OC(=O)C(C)Oc2c(F)c(F)c(F)c(F)c2F)cc2c1C(=O)/C(=C/c1cccc([N+](=O)[O-])c1)O2. The number of halogens is 5. The molecule has 3 aromatic rings. The zero-order valence-corrected chi connectivity index (χ0v) is 19.3. The van der Waals surface area contributed by atoms with E-state index in [1.54, 1.807) is 0 Å². The van der Waals surface area contributed by atoms with E-state index in [0.717, 1.165) is 13.0 Å². The van der Waals surface area contributed by atoms with Gasteiger partial charge in [-0.1, -0.05) is 12.1 Å². The second-order valence-corrected chi connectivity index (χ2v) is 7.99. The Morgan fingerprint density at radius 2 is 1.66 bits per heavy atom. The van der Waals surface area contributed by atoms with Crippen LogP contribution in [0.4, 0.5) is 27.6 Å². The van der Waals surface area contributed by atoms with E-state index < -0.39 is 57.6 Å². The zero-order valence-electron chi connectivity index (χ0n) is 19.3. The van der Waals surface area contributed by atoms with E-state index in [2.05, 4.69) is 4.74 Å². The molecule has 0 bridgehead atoms. The monoisotopic (exact) mass is 535 g/mol. The topological polar surface area (TPSA) is 105 Å². The van der Waals surface area contributed by atoms with Crippen molar-refractivity contribution < 1.29 is 50.7 Å². The molecular formula is C25H14F5NO7. The number of esters is 1. The van der Waals surface area contributed by atoms with Crippen LogP contribution < -0.4 is 14.2 Å². The van der Waals surface area contributed by atoms with Gasteiger partial charge in [-0.3, -0.25) is 14.9 Å². The number of carbonyl (C=O) groups is 2. The van der Waals surface area contributed by atoms with Gasteiger partial charge < -0.3 is 14.2 Å². The molecule has 1 heterocycles. The summed E-state index contributed by atoms with van der Waals surface area (Å²) in [5, 5.41) is 11.0. The summed E-state index contributed by atoms with van der Waals surface area (Å²) < 4.78 is 83.0. The molecule has 0 amide bonds. The van der Waals surface area contributed by atoms with Crippen LogP contribution in [0.2, 0.25) is 0 Å². The van der Waals surface area contributed by atoms with Crippen molar-refractivity contribution in [2.45, 2.75) is 20.0 Å². The number of non-ortho nitro benzene ring substituents is 1. The lowest BCUT2D eigenvalue weighted by atomic mass is 10.0. The van der Waals surface area contributed by atoms with Crippen molar-refractivity contribution >= 4 is 23.5 Å². The lowest BCUT2D eigenvalue weighted by molar-refractivity contribution is -0.384. The van der Waals surface area contributed by atoms with Crippen molar-refractivity contribution in [2.75, 3.05) is 0 Å². The largest absolute Gasteiger partial charge is 0.473 e. The Balaban J connectivity index is 1.54. The molecule has 0 spiro atoms. The van der Waals surface area contributed by atoms with E-state index in [4.69, 9.17) is 9.47 Å². The van der Waals surface area contributed by atoms with Gasteiger partial charge in [0.05, 0.1) is 10.5 Å². The van der Waals surface area contributed by atoms with Crippen LogP contribution in [-0.2, 0) is 4.79 Å². The molecule has 3 aromatic carbocycles. The molecule has 0 saturated carbocycles. The number of fused-ring (bicyclic) bond motifs is 1. The minimum Gasteiger partial charge on any atom is -0.473 e. The van der Waals surface area contributed by atoms with Gasteiger partial charge in [-0.15, -0.1) is 0 Å². The van der Waals surface area contributed by atoms with Crippen molar-refractivity contribution in [3.8, 4) is 17.2 Å². The van der Waals surface area contributed by atoms with E-state index in [1.165, 1.54) is 43.3 Å². The van der Waals surface area contributed by atoms with Crippen LogP contribution in [0.5, 0.6) is 17.2 Å². The third kappa shape index (κ3) is 4.77. The Morgan fingerprint density at radius 1 is 1.03 bits per heavy atom. The van der Waals surface area contributed by atoms with Gasteiger partial charge in [0.1, 0.15) is 11.5 Å². The fourth-order valence-corrected chi connectivity index (χ4v) is 3.53. The lowest BCUT2D eigenvalue weighted by Crippen LogP contribution is -2.29. The summed E-state index contributed by atoms with van der Waals surface area (Å²) in [6, 6.07) is 7.89. The minimum atomic E-state index is -2.38. The first-order valence-corrected chi connectivity index (χ1v) is 10.6. The van der Waals surface area contributed by atoms with Crippen LogP contribution in [0.15, 0.2) is 42.2 Å². The molecule has 196 valence electrons. The third-order valence-corrected chi connectivity index (χ3v) is 5.34. The van der Waals surface area contributed by atoms with Crippen molar-refractivity contribution in [3.63, 3.8) is 0 Å². The van der Waals surface area contributed by atoms with Crippen molar-refractivity contribution in [1.82, 2.24) is 0 Å². The third-order valence-electron chi connectivity index (χ3n) is 5.34. The predicted octanol–water partition coefficient (Wildman–Crippen LogP) is 5.59. The van der Waals surface area contributed by atoms with Gasteiger partial charge in [-0.2, -0.15) is 8.78 Å². The predicted molar refractivity (Wildman–Crippen MR) is 119 cm³/mol. The second kappa shape index (κ2) is 9.92. The Morgan fingerprint density at radius 3 is 2.29 bits per heavy atom. The van der Waals surface area contributed by atoms with Gasteiger partial charge >= 0.3 is 5.97 Å². The molecule has 1 aliphatic heterocycles. The van der Waals surface area contributed by atoms with Crippen LogP contribution >= 0.6 is 0 Å². The molecule has 1 atom stereocenters. The number of Topliss-reactive ketones (excluding diaryl/α,β-unsaturated/α-hetero) is 1. The highest BCUT2D eigenvalue weighted by atomic mass is 19.2. The van der Waals surface area contributed by atoms with Gasteiger partial charge in [0.15, 0.2) is 17.6 Å². The minimum absolute atomic E-state index is 0.0113. The molecule has 8 nitrogen and oxygen atoms in total. The Kier molecular flexibility index (Phi) is 6.85. The molecule has 0 radical (unpaired) electrons. The summed E-state index contributed by atoms with van der Waals surface area (Å²) in [5.41, 5.74) is 0.562. The number of nitrogens with zero attached hydrogens (tertiary/aromatic N) is 1. The summed E-state index contributed by atoms with van der Waals surface area (Å²) in [7, 11) is 0. The van der Waals surface area contributed by atoms with Gasteiger partial charge in [-0.25, -0.2) is 18.0 Å². The summed E-state index contributed by atoms with van der Waals surface area (Å²) in [5.74, 6) is -15.2. The summed E-state index contributed by atoms with van der Waals surface area (Å²) in [6.07, 6.45) is -0.524. The number of benzene rings is 3. The van der Waals surface area contributed by atoms with Crippen LogP contribution in [-0.4, -0.2) is 22.8 Å². The first-order valence-electron chi connectivity index (χ1n) is 10.6. The second-order valence-electron chi connectivity index (χ2n) is 7.99. The number of nitro benzene ring substituents is 1. The van der Waals surface area contributed by atoms with Crippen molar-refractivity contribution in [1.29, 1.82) is 0 Å². The number of allylic oxidation sites excluding steroid dienone is 1. The fourth-order valence-electron chi connectivity index (χ4n) is 3.53. The van der Waals surface area contributed by atoms with Gasteiger partial charge in [-0.05, 0) is 37.1 Å². The molecule has 0 N–H and O–H groups in total. The lowest BCUT2D eigenvalue weighted by Gasteiger charge is -2.16. The Labute approximate surface area is 210 Å². The zero-order chi connectivity index (χ0) is 27.9. The Hall–Kier alpha value is -4.81. The molecule has 38 heavy (non-hydrogen) atoms. The number of nitro groups is 1. The fraction of sp³-hybridized carbons (Fsp3) is 0.120. The molecule has 0 saturated heterocycles. The molecular weight excluding hydrogens is 521 g/mol. The van der Waals surface area contributed by atoms with Gasteiger partial charge in [0, 0.05) is 18.2 Å². The number of ether oxygens (including phenoxy) is 3. The van der Waals surface area contributed by atoms with Crippen LogP contribution in [0, 0.1) is 46.1 Å². The van der Waals surface area contributed by atoms with Crippen LogP contribution in [0.25, 0.3) is 6.08 Å². The van der Waals surface area contributed by atoms with Crippen LogP contribution in [0.3, 0.4) is 0 Å². The molecule has 4 rings (SSSR count). The van der Waals surface area contributed by atoms with Gasteiger partial charge in [0.2, 0.25) is 34.9 Å². The molecule has 0 aromatic heterocycles. The standard InChI is InChI=1S/C25H14F5NO7/c1-10-6-14(37-25(33)11(2)36-24-21(29)19(27)18(26)20(28)22(24)30)9-15-17(10)23(32)16(38-15)8-12-4-3-5-13(7-12)31(34)35/h3-9,11H,1-2H3/b16-8-. The highest BCUT2D eigenvalue weighted by molar-refractivity contribution is 6.15. The molecule has 1 unspecified atom stereocenters. The number of hydrogen-bond acceptors (Lipinski definition) is 7. The molecule has 0 aliphatic carbocycles. The maximum absolute atomic E-state index is 13.9.